The lowest BCUT2D eigenvalue weighted by Crippen LogP contribution is -2.64. The van der Waals surface area contributed by atoms with Crippen molar-refractivity contribution >= 4 is 47.3 Å². The number of aliphatic hydroxyl groups excluding tert-OH is 9. The molecule has 1 aliphatic carbocycles. The number of carbonyl (C=O) groups excluding carboxylic acids is 8. The molecule has 0 radical (unpaired) electrons. The van der Waals surface area contributed by atoms with Crippen LogP contribution in [0.25, 0.3) is 0 Å². The standard InChI is InChI=1S/C58H102N8O29/c1-34(70)62-45-51(79)48(76)39(31-67)93-56(45)90-26-23-87-20-17-84-14-11-59-42(73)10-9-38(65-54(82)37-7-5-4-6-8-37)55(83)66(29-43(74)60-12-15-85-18-21-88-24-27-91-57-46(63-35(2)71)52(80)49(77)40(32-68)94-57)30-44(75)61-13-16-86-19-22-89-25-28-92-58-47(64-36(3)72)53(81)50(78)41(33-69)95-58/h37-41,45-53,56-58,67-69,76-81H,4-33H2,1-3H3,(H,59,73)(H,60,74)(H,61,75)(H,62,70)(H,63,71)(H,64,72)(H,65,82). The fourth-order valence-corrected chi connectivity index (χ4v) is 10.4. The number of aliphatic hydroxyl groups is 9. The fraction of sp³-hybridized carbons (Fsp3) is 0.862. The lowest BCUT2D eigenvalue weighted by atomic mass is 9.88. The highest BCUT2D eigenvalue weighted by atomic mass is 16.7. The summed E-state index contributed by atoms with van der Waals surface area (Å²) in [6.07, 6.45) is -12.7. The van der Waals surface area contributed by atoms with Gasteiger partial charge < -0.3 is 145 Å². The molecule has 3 heterocycles. The molecular formula is C58H102N8O29. The summed E-state index contributed by atoms with van der Waals surface area (Å²) in [6, 6.07) is -4.71. The van der Waals surface area contributed by atoms with Gasteiger partial charge in [0.15, 0.2) is 18.9 Å². The first-order valence-corrected chi connectivity index (χ1v) is 32.0. The van der Waals surface area contributed by atoms with Crippen molar-refractivity contribution in [3.05, 3.63) is 0 Å². The van der Waals surface area contributed by atoms with Crippen LogP contribution < -0.4 is 37.2 Å². The maximum atomic E-state index is 14.5. The van der Waals surface area contributed by atoms with Crippen LogP contribution in [-0.4, -0.2) is 348 Å². The van der Waals surface area contributed by atoms with Crippen molar-refractivity contribution in [1.82, 2.24) is 42.1 Å². The molecule has 16 atom stereocenters. The Kier molecular flexibility index (Phi) is 40.1. The second-order valence-electron chi connectivity index (χ2n) is 22.8. The van der Waals surface area contributed by atoms with Gasteiger partial charge in [0.2, 0.25) is 47.3 Å². The van der Waals surface area contributed by atoms with Crippen molar-refractivity contribution in [1.29, 1.82) is 0 Å². The molecule has 8 amide bonds. The largest absolute Gasteiger partial charge is 0.394 e. The topological polar surface area (TPSA) is 517 Å². The average molecular weight is 1380 g/mol. The quantitative estimate of drug-likeness (QED) is 0.0252. The molecule has 3 saturated heterocycles. The Morgan fingerprint density at radius 3 is 1.07 bits per heavy atom. The van der Waals surface area contributed by atoms with E-state index in [0.717, 1.165) is 24.2 Å². The highest BCUT2D eigenvalue weighted by Gasteiger charge is 2.48. The third-order valence-corrected chi connectivity index (χ3v) is 15.3. The molecule has 37 nitrogen and oxygen atoms in total. The predicted octanol–water partition coefficient (Wildman–Crippen LogP) is -9.01. The number of nitrogens with one attached hydrogen (secondary N) is 7. The van der Waals surface area contributed by atoms with E-state index in [4.69, 9.17) is 56.8 Å². The van der Waals surface area contributed by atoms with Crippen molar-refractivity contribution < 1.29 is 141 Å². The van der Waals surface area contributed by atoms with Gasteiger partial charge in [-0.1, -0.05) is 19.3 Å². The van der Waals surface area contributed by atoms with Gasteiger partial charge in [-0.05, 0) is 19.3 Å². The summed E-state index contributed by atoms with van der Waals surface area (Å²) < 4.78 is 66.7. The first-order valence-electron chi connectivity index (χ1n) is 32.0. The zero-order chi connectivity index (χ0) is 69.7. The molecule has 16 unspecified atom stereocenters. The highest BCUT2D eigenvalue weighted by Crippen LogP contribution is 2.26. The Hall–Kier alpha value is -5.08. The van der Waals surface area contributed by atoms with E-state index in [9.17, 15) is 84.3 Å². The summed E-state index contributed by atoms with van der Waals surface area (Å²) in [7, 11) is 0. The first-order chi connectivity index (χ1) is 45.6. The van der Waals surface area contributed by atoms with Gasteiger partial charge in [-0.2, -0.15) is 0 Å². The minimum Gasteiger partial charge on any atom is -0.394 e. The van der Waals surface area contributed by atoms with Crippen molar-refractivity contribution in [2.24, 2.45) is 5.92 Å². The third kappa shape index (κ3) is 30.3. The van der Waals surface area contributed by atoms with Crippen LogP contribution in [0.3, 0.4) is 0 Å². The van der Waals surface area contributed by atoms with Crippen molar-refractivity contribution in [3.8, 4) is 0 Å². The third-order valence-electron chi connectivity index (χ3n) is 15.3. The molecule has 548 valence electrons. The summed E-state index contributed by atoms with van der Waals surface area (Å²) in [5.41, 5.74) is 0. The van der Waals surface area contributed by atoms with Crippen LogP contribution in [0.15, 0.2) is 0 Å². The Bertz CT molecular complexity index is 2180. The van der Waals surface area contributed by atoms with Gasteiger partial charge in [0.05, 0.1) is 119 Å². The van der Waals surface area contributed by atoms with Crippen LogP contribution in [0.2, 0.25) is 0 Å². The number of carbonyl (C=O) groups is 8. The summed E-state index contributed by atoms with van der Waals surface area (Å²) in [5.74, 6) is -5.04. The number of hydrogen-bond donors (Lipinski definition) is 16. The fourth-order valence-electron chi connectivity index (χ4n) is 10.4. The van der Waals surface area contributed by atoms with E-state index >= 15 is 0 Å². The van der Waals surface area contributed by atoms with Crippen molar-refractivity contribution in [3.63, 3.8) is 0 Å². The SMILES string of the molecule is CC(=O)NC1C(OCCOCCOCCNC(=O)CCC(NC(=O)C2CCCCC2)C(=O)N(CC(=O)NCCOCCOCCOC2OC(CO)C(O)C(O)C2NC(C)=O)CC(=O)NCCOCCOCCOC2OC(CO)C(O)C(O)C2NC(C)=O)OC(CO)C(O)C1O. The molecule has 4 rings (SSSR count). The monoisotopic (exact) mass is 1370 g/mol. The lowest BCUT2D eigenvalue weighted by Gasteiger charge is -2.42. The second kappa shape index (κ2) is 46.2. The van der Waals surface area contributed by atoms with E-state index in [1.807, 2.05) is 0 Å². The maximum absolute atomic E-state index is 14.5. The molecule has 37 heteroatoms. The minimum atomic E-state index is -1.48. The zero-order valence-electron chi connectivity index (χ0n) is 54.2. The molecule has 0 bridgehead atoms. The molecule has 1 saturated carbocycles. The Morgan fingerprint density at radius 1 is 0.432 bits per heavy atom. The predicted molar refractivity (Wildman–Crippen MR) is 322 cm³/mol. The van der Waals surface area contributed by atoms with Crippen LogP contribution in [0.1, 0.15) is 65.7 Å². The molecule has 0 aromatic heterocycles. The van der Waals surface area contributed by atoms with E-state index < -0.39 is 184 Å². The Labute approximate surface area is 550 Å². The van der Waals surface area contributed by atoms with E-state index in [-0.39, 0.29) is 132 Å². The van der Waals surface area contributed by atoms with Gasteiger partial charge in [-0.25, -0.2) is 0 Å². The maximum Gasteiger partial charge on any atom is 0.246 e. The van der Waals surface area contributed by atoms with Gasteiger partial charge >= 0.3 is 0 Å². The summed E-state index contributed by atoms with van der Waals surface area (Å²) >= 11 is 0. The molecule has 0 aromatic rings. The second-order valence-corrected chi connectivity index (χ2v) is 22.8. The van der Waals surface area contributed by atoms with Crippen LogP contribution in [0, 0.1) is 5.92 Å². The van der Waals surface area contributed by atoms with Gasteiger partial charge in [-0.3, -0.25) is 38.4 Å². The number of ether oxygens (including phenoxy) is 12. The molecule has 4 aliphatic rings. The Morgan fingerprint density at radius 2 is 0.747 bits per heavy atom. The normalized spacial score (nSPS) is 27.3. The van der Waals surface area contributed by atoms with E-state index in [1.165, 1.54) is 20.8 Å². The van der Waals surface area contributed by atoms with E-state index in [0.29, 0.717) is 12.8 Å². The number of amides is 8. The first kappa shape index (κ1) is 82.3. The molecular weight excluding hydrogens is 1270 g/mol. The molecule has 0 spiro atoms. The van der Waals surface area contributed by atoms with Gasteiger partial charge in [-0.15, -0.1) is 0 Å². The molecule has 4 fully saturated rings. The molecule has 95 heavy (non-hydrogen) atoms. The Balaban J connectivity index is 1.26. The van der Waals surface area contributed by atoms with Gasteiger partial charge in [0.25, 0.3) is 0 Å². The van der Waals surface area contributed by atoms with Crippen LogP contribution in [0.5, 0.6) is 0 Å². The molecule has 0 aromatic carbocycles. The smallest absolute Gasteiger partial charge is 0.246 e. The highest BCUT2D eigenvalue weighted by molar-refractivity contribution is 5.94. The minimum absolute atomic E-state index is 0.00815. The van der Waals surface area contributed by atoms with Crippen molar-refractivity contribution in [2.75, 3.05) is 152 Å². The van der Waals surface area contributed by atoms with E-state index in [2.05, 4.69) is 37.2 Å². The summed E-state index contributed by atoms with van der Waals surface area (Å²) in [4.78, 5) is 104. The molecule has 3 aliphatic heterocycles. The van der Waals surface area contributed by atoms with Crippen LogP contribution in [-0.2, 0) is 95.2 Å². The average Bonchev–Trinajstić information content (AvgIpc) is 0.837. The van der Waals surface area contributed by atoms with Gasteiger partial charge in [0.1, 0.15) is 92.2 Å². The number of nitrogens with zero attached hydrogens (tertiary/aromatic N) is 1. The lowest BCUT2D eigenvalue weighted by molar-refractivity contribution is -0.272. The number of rotatable bonds is 46. The van der Waals surface area contributed by atoms with Crippen LogP contribution >= 0.6 is 0 Å². The van der Waals surface area contributed by atoms with Crippen molar-refractivity contribution in [2.45, 2.75) is 164 Å². The summed E-state index contributed by atoms with van der Waals surface area (Å²) in [5, 5.41) is 109. The van der Waals surface area contributed by atoms with Gasteiger partial charge in [0, 0.05) is 52.7 Å². The number of hydrogen-bond acceptors (Lipinski definition) is 29. The molecule has 16 N–H and O–H groups in total. The van der Waals surface area contributed by atoms with E-state index in [1.54, 1.807) is 0 Å². The zero-order valence-corrected chi connectivity index (χ0v) is 54.2. The van der Waals surface area contributed by atoms with Crippen LogP contribution in [0.4, 0.5) is 0 Å². The summed E-state index contributed by atoms with van der Waals surface area (Å²) in [6.45, 7) is 0.912.